The fourth-order valence-electron chi connectivity index (χ4n) is 2.14. The Morgan fingerprint density at radius 3 is 2.73 bits per heavy atom. The SMILES string of the molecule is COCCNC(=O)CCn1nc(C(F)(F)F)c(Br)c1C1CC1. The van der Waals surface area contributed by atoms with Gasteiger partial charge in [-0.3, -0.25) is 9.48 Å². The zero-order valence-electron chi connectivity index (χ0n) is 12.0. The van der Waals surface area contributed by atoms with Crippen molar-refractivity contribution < 1.29 is 22.7 Å². The third-order valence-electron chi connectivity index (χ3n) is 3.34. The van der Waals surface area contributed by atoms with Gasteiger partial charge >= 0.3 is 6.18 Å². The number of nitrogens with zero attached hydrogens (tertiary/aromatic N) is 2. The van der Waals surface area contributed by atoms with Crippen LogP contribution in [0.15, 0.2) is 4.47 Å². The first kappa shape index (κ1) is 17.3. The number of hydrogen-bond donors (Lipinski definition) is 1. The van der Waals surface area contributed by atoms with Crippen LogP contribution in [0.2, 0.25) is 0 Å². The van der Waals surface area contributed by atoms with Gasteiger partial charge in [-0.2, -0.15) is 18.3 Å². The van der Waals surface area contributed by atoms with Crippen molar-refractivity contribution in [1.82, 2.24) is 15.1 Å². The van der Waals surface area contributed by atoms with E-state index in [1.54, 1.807) is 0 Å². The second kappa shape index (κ2) is 6.99. The zero-order valence-corrected chi connectivity index (χ0v) is 13.6. The molecule has 9 heteroatoms. The third-order valence-corrected chi connectivity index (χ3v) is 4.12. The number of alkyl halides is 3. The van der Waals surface area contributed by atoms with E-state index in [2.05, 4.69) is 26.3 Å². The summed E-state index contributed by atoms with van der Waals surface area (Å²) < 4.78 is 44.9. The molecule has 124 valence electrons. The summed E-state index contributed by atoms with van der Waals surface area (Å²) in [7, 11) is 1.52. The van der Waals surface area contributed by atoms with Crippen LogP contribution in [0.5, 0.6) is 0 Å². The second-order valence-corrected chi connectivity index (χ2v) is 5.93. The van der Waals surface area contributed by atoms with Crippen LogP contribution in [0.25, 0.3) is 0 Å². The molecule has 0 saturated heterocycles. The molecule has 1 N–H and O–H groups in total. The van der Waals surface area contributed by atoms with Gasteiger partial charge in [-0.05, 0) is 28.8 Å². The molecule has 1 aliphatic rings. The van der Waals surface area contributed by atoms with Crippen molar-refractivity contribution in [3.05, 3.63) is 15.9 Å². The minimum Gasteiger partial charge on any atom is -0.383 e. The Morgan fingerprint density at radius 1 is 1.50 bits per heavy atom. The molecule has 0 bridgehead atoms. The lowest BCUT2D eigenvalue weighted by atomic mass is 10.2. The Labute approximate surface area is 134 Å². The number of carbonyl (C=O) groups excluding carboxylic acids is 1. The Balaban J connectivity index is 2.05. The van der Waals surface area contributed by atoms with Crippen molar-refractivity contribution in [2.45, 2.75) is 37.9 Å². The first-order valence-corrected chi connectivity index (χ1v) is 7.73. The highest BCUT2D eigenvalue weighted by Crippen LogP contribution is 2.46. The number of carbonyl (C=O) groups is 1. The van der Waals surface area contributed by atoms with Gasteiger partial charge in [0.05, 0.1) is 23.3 Å². The Hall–Kier alpha value is -1.09. The molecule has 1 aromatic heterocycles. The number of rotatable bonds is 7. The molecule has 22 heavy (non-hydrogen) atoms. The van der Waals surface area contributed by atoms with E-state index in [0.29, 0.717) is 18.8 Å². The number of aryl methyl sites for hydroxylation is 1. The third kappa shape index (κ3) is 4.22. The molecular weight excluding hydrogens is 367 g/mol. The molecule has 0 unspecified atom stereocenters. The molecule has 5 nitrogen and oxygen atoms in total. The van der Waals surface area contributed by atoms with Crippen molar-refractivity contribution in [2.75, 3.05) is 20.3 Å². The standard InChI is InChI=1S/C13H17BrF3N3O2/c1-22-7-5-18-9(21)4-6-20-11(8-2-3-8)10(14)12(19-20)13(15,16)17/h8H,2-7H2,1H3,(H,18,21). The highest BCUT2D eigenvalue weighted by atomic mass is 79.9. The molecule has 0 atom stereocenters. The van der Waals surface area contributed by atoms with Crippen molar-refractivity contribution >= 4 is 21.8 Å². The Bertz CT molecular complexity index is 541. The molecule has 1 saturated carbocycles. The van der Waals surface area contributed by atoms with Crippen LogP contribution < -0.4 is 5.32 Å². The zero-order chi connectivity index (χ0) is 16.3. The Kier molecular flexibility index (Phi) is 5.49. The normalized spacial score (nSPS) is 15.1. The second-order valence-electron chi connectivity index (χ2n) is 5.14. The minimum absolute atomic E-state index is 0.00212. The molecule has 2 rings (SSSR count). The monoisotopic (exact) mass is 383 g/mol. The van der Waals surface area contributed by atoms with Crippen molar-refractivity contribution in [3.8, 4) is 0 Å². The van der Waals surface area contributed by atoms with Gasteiger partial charge in [-0.15, -0.1) is 0 Å². The summed E-state index contributed by atoms with van der Waals surface area (Å²) in [4.78, 5) is 11.6. The topological polar surface area (TPSA) is 56.1 Å². The van der Waals surface area contributed by atoms with Crippen LogP contribution in [0.1, 0.15) is 36.6 Å². The fraction of sp³-hybridized carbons (Fsp3) is 0.692. The van der Waals surface area contributed by atoms with Gasteiger partial charge < -0.3 is 10.1 Å². The van der Waals surface area contributed by atoms with E-state index >= 15 is 0 Å². The fourth-order valence-corrected chi connectivity index (χ4v) is 2.97. The van der Waals surface area contributed by atoms with Gasteiger partial charge in [-0.1, -0.05) is 0 Å². The molecule has 0 radical (unpaired) electrons. The quantitative estimate of drug-likeness (QED) is 0.736. The van der Waals surface area contributed by atoms with Crippen LogP contribution in [0.3, 0.4) is 0 Å². The number of hydrogen-bond acceptors (Lipinski definition) is 3. The highest BCUT2D eigenvalue weighted by Gasteiger charge is 2.41. The smallest absolute Gasteiger partial charge is 0.383 e. The van der Waals surface area contributed by atoms with Crippen molar-refractivity contribution in [3.63, 3.8) is 0 Å². The molecule has 1 amide bonds. The summed E-state index contributed by atoms with van der Waals surface area (Å²) in [6.07, 6.45) is -2.73. The maximum absolute atomic E-state index is 12.9. The van der Waals surface area contributed by atoms with Crippen LogP contribution in [0.4, 0.5) is 13.2 Å². The van der Waals surface area contributed by atoms with Crippen LogP contribution in [-0.2, 0) is 22.3 Å². The molecule has 1 fully saturated rings. The van der Waals surface area contributed by atoms with E-state index in [9.17, 15) is 18.0 Å². The van der Waals surface area contributed by atoms with Gasteiger partial charge in [0.25, 0.3) is 0 Å². The summed E-state index contributed by atoms with van der Waals surface area (Å²) in [5.74, 6) is -0.145. The number of halogens is 4. The first-order chi connectivity index (χ1) is 10.3. The van der Waals surface area contributed by atoms with E-state index in [1.807, 2.05) is 0 Å². The number of ether oxygens (including phenoxy) is 1. The van der Waals surface area contributed by atoms with Crippen molar-refractivity contribution in [2.24, 2.45) is 0 Å². The summed E-state index contributed by atoms with van der Waals surface area (Å²) in [5, 5.41) is 6.28. The largest absolute Gasteiger partial charge is 0.436 e. The number of nitrogens with one attached hydrogen (secondary N) is 1. The van der Waals surface area contributed by atoms with Gasteiger partial charge in [-0.25, -0.2) is 0 Å². The molecule has 0 aliphatic heterocycles. The first-order valence-electron chi connectivity index (χ1n) is 6.93. The van der Waals surface area contributed by atoms with Crippen LogP contribution >= 0.6 is 15.9 Å². The lowest BCUT2D eigenvalue weighted by Gasteiger charge is -2.07. The summed E-state index contributed by atoms with van der Waals surface area (Å²) >= 11 is 3.02. The number of methoxy groups -OCH3 is 1. The molecular formula is C13H17BrF3N3O2. The predicted molar refractivity (Wildman–Crippen MR) is 76.4 cm³/mol. The van der Waals surface area contributed by atoms with E-state index in [1.165, 1.54) is 11.8 Å². The predicted octanol–water partition coefficient (Wildman–Crippen LogP) is 2.69. The number of amides is 1. The lowest BCUT2D eigenvalue weighted by molar-refractivity contribution is -0.142. The maximum Gasteiger partial charge on any atom is 0.436 e. The van der Waals surface area contributed by atoms with E-state index in [-0.39, 0.29) is 29.3 Å². The van der Waals surface area contributed by atoms with E-state index in [4.69, 9.17) is 4.74 Å². The van der Waals surface area contributed by atoms with Crippen molar-refractivity contribution in [1.29, 1.82) is 0 Å². The maximum atomic E-state index is 12.9. The molecule has 0 aromatic carbocycles. The number of aromatic nitrogens is 2. The highest BCUT2D eigenvalue weighted by molar-refractivity contribution is 9.10. The van der Waals surface area contributed by atoms with Gasteiger partial charge in [0, 0.05) is 26.0 Å². The van der Waals surface area contributed by atoms with E-state index < -0.39 is 11.9 Å². The molecule has 1 heterocycles. The average Bonchev–Trinajstić information content (AvgIpc) is 3.19. The van der Waals surface area contributed by atoms with Gasteiger partial charge in [0.15, 0.2) is 5.69 Å². The summed E-state index contributed by atoms with van der Waals surface area (Å²) in [6, 6.07) is 0. The van der Waals surface area contributed by atoms with Crippen LogP contribution in [-0.4, -0.2) is 35.9 Å². The van der Waals surface area contributed by atoms with E-state index in [0.717, 1.165) is 12.8 Å². The van der Waals surface area contributed by atoms with Gasteiger partial charge in [0.1, 0.15) is 0 Å². The lowest BCUT2D eigenvalue weighted by Crippen LogP contribution is -2.28. The molecule has 1 aliphatic carbocycles. The molecule has 1 aromatic rings. The summed E-state index contributed by atoms with van der Waals surface area (Å²) in [5.41, 5.74) is -0.383. The minimum atomic E-state index is -4.51. The molecule has 0 spiro atoms. The summed E-state index contributed by atoms with van der Waals surface area (Å²) in [6.45, 7) is 0.894. The Morgan fingerprint density at radius 2 is 2.18 bits per heavy atom. The average molecular weight is 384 g/mol. The van der Waals surface area contributed by atoms with Crippen LogP contribution in [0, 0.1) is 0 Å². The van der Waals surface area contributed by atoms with Gasteiger partial charge in [0.2, 0.25) is 5.91 Å².